The number of halogens is 2. The Kier molecular flexibility index (Phi) is 7.63. The van der Waals surface area contributed by atoms with Gasteiger partial charge in [-0.15, -0.1) is 12.4 Å². The zero-order valence-electron chi connectivity index (χ0n) is 14.0. The molecular formula is C17H25ClFN3O2. The molecule has 0 saturated carbocycles. The van der Waals surface area contributed by atoms with E-state index in [1.807, 2.05) is 13.8 Å². The number of carbonyl (C=O) groups excluding carboxylic acids is 2. The number of amides is 2. The largest absolute Gasteiger partial charge is 0.339 e. The molecule has 2 rings (SSSR count). The minimum Gasteiger partial charge on any atom is -0.339 e. The number of nitrogens with two attached hydrogens (primary N) is 1. The zero-order valence-corrected chi connectivity index (χ0v) is 14.9. The van der Waals surface area contributed by atoms with E-state index in [2.05, 4.69) is 5.32 Å². The van der Waals surface area contributed by atoms with Crippen LogP contribution in [0.3, 0.4) is 0 Å². The molecule has 24 heavy (non-hydrogen) atoms. The monoisotopic (exact) mass is 357 g/mol. The fourth-order valence-corrected chi connectivity index (χ4v) is 2.61. The summed E-state index contributed by atoms with van der Waals surface area (Å²) in [6.45, 7) is 5.02. The van der Waals surface area contributed by atoms with Gasteiger partial charge in [-0.2, -0.15) is 0 Å². The second-order valence-electron chi connectivity index (χ2n) is 6.47. The van der Waals surface area contributed by atoms with Crippen molar-refractivity contribution in [3.63, 3.8) is 0 Å². The van der Waals surface area contributed by atoms with Gasteiger partial charge in [-0.05, 0) is 37.0 Å². The lowest BCUT2D eigenvalue weighted by molar-refractivity contribution is -0.116. The number of benzene rings is 1. The summed E-state index contributed by atoms with van der Waals surface area (Å²) in [6.07, 6.45) is 1.85. The number of hydrogen-bond acceptors (Lipinski definition) is 3. The fourth-order valence-electron chi connectivity index (χ4n) is 2.61. The van der Waals surface area contributed by atoms with Crippen molar-refractivity contribution in [1.29, 1.82) is 0 Å². The zero-order chi connectivity index (χ0) is 17.0. The molecule has 0 atom stereocenters. The quantitative estimate of drug-likeness (QED) is 0.870. The first-order chi connectivity index (χ1) is 10.9. The molecule has 1 aromatic rings. The topological polar surface area (TPSA) is 75.4 Å². The van der Waals surface area contributed by atoms with Crippen molar-refractivity contribution >= 4 is 29.9 Å². The molecule has 0 aliphatic carbocycles. The second-order valence-corrected chi connectivity index (χ2v) is 6.47. The van der Waals surface area contributed by atoms with Gasteiger partial charge in [-0.3, -0.25) is 9.59 Å². The third kappa shape index (κ3) is 5.46. The van der Waals surface area contributed by atoms with Gasteiger partial charge in [-0.25, -0.2) is 4.39 Å². The summed E-state index contributed by atoms with van der Waals surface area (Å²) < 4.78 is 14.1. The van der Waals surface area contributed by atoms with Gasteiger partial charge in [-0.1, -0.05) is 13.8 Å². The van der Waals surface area contributed by atoms with Crippen molar-refractivity contribution in [2.45, 2.75) is 39.2 Å². The van der Waals surface area contributed by atoms with Crippen molar-refractivity contribution in [3.8, 4) is 0 Å². The molecule has 1 fully saturated rings. The molecule has 0 spiro atoms. The molecule has 7 heteroatoms. The molecule has 0 unspecified atom stereocenters. The summed E-state index contributed by atoms with van der Waals surface area (Å²) in [7, 11) is 0. The van der Waals surface area contributed by atoms with Crippen LogP contribution in [0.1, 0.15) is 43.5 Å². The average molecular weight is 358 g/mol. The summed E-state index contributed by atoms with van der Waals surface area (Å²) in [5.74, 6) is -0.829. The van der Waals surface area contributed by atoms with E-state index in [4.69, 9.17) is 5.73 Å². The van der Waals surface area contributed by atoms with Crippen LogP contribution in [-0.2, 0) is 4.79 Å². The van der Waals surface area contributed by atoms with Gasteiger partial charge < -0.3 is 16.0 Å². The molecule has 1 aliphatic rings. The van der Waals surface area contributed by atoms with Gasteiger partial charge >= 0.3 is 0 Å². The standard InChI is InChI=1S/C17H24FN3O2.ClH/c1-11(2)9-16(22)20-15-4-3-12(10-14(15)18)17(23)21-7-5-13(19)6-8-21;/h3-4,10-11,13H,5-9,19H2,1-2H3,(H,20,22);1H. The smallest absolute Gasteiger partial charge is 0.253 e. The Morgan fingerprint density at radius 2 is 1.96 bits per heavy atom. The summed E-state index contributed by atoms with van der Waals surface area (Å²) in [5, 5.41) is 2.54. The lowest BCUT2D eigenvalue weighted by Gasteiger charge is -2.30. The minimum absolute atomic E-state index is 0. The van der Waals surface area contributed by atoms with Gasteiger partial charge in [0.1, 0.15) is 5.82 Å². The molecule has 5 nitrogen and oxygen atoms in total. The minimum atomic E-state index is -0.596. The van der Waals surface area contributed by atoms with Crippen LogP contribution < -0.4 is 11.1 Å². The van der Waals surface area contributed by atoms with E-state index in [-0.39, 0.29) is 41.9 Å². The second kappa shape index (κ2) is 8.99. The number of nitrogens with zero attached hydrogens (tertiary/aromatic N) is 1. The molecule has 0 radical (unpaired) electrons. The van der Waals surface area contributed by atoms with Crippen LogP contribution in [0.5, 0.6) is 0 Å². The number of piperidine rings is 1. The molecule has 134 valence electrons. The molecule has 0 bridgehead atoms. The number of nitrogens with one attached hydrogen (secondary N) is 1. The highest BCUT2D eigenvalue weighted by Crippen LogP contribution is 2.19. The van der Waals surface area contributed by atoms with Crippen molar-refractivity contribution in [2.75, 3.05) is 18.4 Å². The normalized spacial score (nSPS) is 15.1. The van der Waals surface area contributed by atoms with E-state index in [1.54, 1.807) is 11.0 Å². The van der Waals surface area contributed by atoms with Gasteiger partial charge in [0.2, 0.25) is 5.91 Å². The SMILES string of the molecule is CC(C)CC(=O)Nc1ccc(C(=O)N2CCC(N)CC2)cc1F.Cl. The van der Waals surface area contributed by atoms with Gasteiger partial charge in [0, 0.05) is 31.1 Å². The Morgan fingerprint density at radius 3 is 2.50 bits per heavy atom. The molecule has 1 aromatic carbocycles. The van der Waals surface area contributed by atoms with Crippen LogP contribution in [0.15, 0.2) is 18.2 Å². The van der Waals surface area contributed by atoms with Crippen molar-refractivity contribution < 1.29 is 14.0 Å². The third-order valence-corrected chi connectivity index (χ3v) is 3.91. The van der Waals surface area contributed by atoms with E-state index in [9.17, 15) is 14.0 Å². The Labute approximate surface area is 148 Å². The van der Waals surface area contributed by atoms with Crippen molar-refractivity contribution in [3.05, 3.63) is 29.6 Å². The number of hydrogen-bond donors (Lipinski definition) is 2. The number of carbonyl (C=O) groups is 2. The maximum Gasteiger partial charge on any atom is 0.253 e. The highest BCUT2D eigenvalue weighted by atomic mass is 35.5. The molecule has 0 aromatic heterocycles. The Balaban J connectivity index is 0.00000288. The average Bonchev–Trinajstić information content (AvgIpc) is 2.48. The first-order valence-electron chi connectivity index (χ1n) is 8.01. The molecule has 3 N–H and O–H groups in total. The first-order valence-corrected chi connectivity index (χ1v) is 8.01. The fraction of sp³-hybridized carbons (Fsp3) is 0.529. The summed E-state index contributed by atoms with van der Waals surface area (Å²) in [6, 6.07) is 4.30. The van der Waals surface area contributed by atoms with Crippen LogP contribution in [0.25, 0.3) is 0 Å². The highest BCUT2D eigenvalue weighted by molar-refractivity contribution is 5.96. The molecule has 1 aliphatic heterocycles. The van der Waals surface area contributed by atoms with E-state index in [0.717, 1.165) is 12.8 Å². The lowest BCUT2D eigenvalue weighted by atomic mass is 10.0. The Morgan fingerprint density at radius 1 is 1.33 bits per heavy atom. The van der Waals surface area contributed by atoms with Crippen molar-refractivity contribution in [1.82, 2.24) is 4.90 Å². The van der Waals surface area contributed by atoms with E-state index >= 15 is 0 Å². The van der Waals surface area contributed by atoms with E-state index < -0.39 is 5.82 Å². The summed E-state index contributed by atoms with van der Waals surface area (Å²) in [4.78, 5) is 25.8. The molecular weight excluding hydrogens is 333 g/mol. The van der Waals surface area contributed by atoms with Crippen LogP contribution in [0, 0.1) is 11.7 Å². The summed E-state index contributed by atoms with van der Waals surface area (Å²) >= 11 is 0. The third-order valence-electron chi connectivity index (χ3n) is 3.91. The van der Waals surface area contributed by atoms with Gasteiger partial charge in [0.15, 0.2) is 0 Å². The molecule has 1 saturated heterocycles. The van der Waals surface area contributed by atoms with Crippen molar-refractivity contribution in [2.24, 2.45) is 11.7 Å². The number of likely N-dealkylation sites (tertiary alicyclic amines) is 1. The van der Waals surface area contributed by atoms with Gasteiger partial charge in [0.05, 0.1) is 5.69 Å². The summed E-state index contributed by atoms with van der Waals surface area (Å²) in [5.41, 5.74) is 6.22. The predicted molar refractivity (Wildman–Crippen MR) is 94.8 cm³/mol. The molecule has 1 heterocycles. The number of anilines is 1. The maximum atomic E-state index is 14.1. The number of rotatable bonds is 4. The van der Waals surface area contributed by atoms with Crippen LogP contribution in [-0.4, -0.2) is 35.8 Å². The van der Waals surface area contributed by atoms with Crippen LogP contribution >= 0.6 is 12.4 Å². The Bertz CT molecular complexity index is 587. The van der Waals surface area contributed by atoms with Crippen LogP contribution in [0.4, 0.5) is 10.1 Å². The Hall–Kier alpha value is -1.66. The lowest BCUT2D eigenvalue weighted by Crippen LogP contribution is -2.42. The molecule has 2 amide bonds. The predicted octanol–water partition coefficient (Wildman–Crippen LogP) is 2.80. The van der Waals surface area contributed by atoms with Gasteiger partial charge in [0.25, 0.3) is 5.91 Å². The van der Waals surface area contributed by atoms with E-state index in [0.29, 0.717) is 25.1 Å². The first kappa shape index (κ1) is 20.4. The van der Waals surface area contributed by atoms with Crippen LogP contribution in [0.2, 0.25) is 0 Å². The maximum absolute atomic E-state index is 14.1. The van der Waals surface area contributed by atoms with E-state index in [1.165, 1.54) is 12.1 Å². The highest BCUT2D eigenvalue weighted by Gasteiger charge is 2.22.